The molecule has 0 saturated heterocycles. The van der Waals surface area contributed by atoms with Crippen LogP contribution in [0.3, 0.4) is 0 Å². The molecule has 1 aromatic heterocycles. The summed E-state index contributed by atoms with van der Waals surface area (Å²) in [6.07, 6.45) is 1.74. The van der Waals surface area contributed by atoms with Crippen molar-refractivity contribution in [3.05, 3.63) is 42.1 Å². The average Bonchev–Trinajstić information content (AvgIpc) is 2.28. The molecule has 3 nitrogen and oxygen atoms in total. The smallest absolute Gasteiger partial charge is 0.0996 e. The van der Waals surface area contributed by atoms with Crippen LogP contribution in [0.25, 0.3) is 10.9 Å². The van der Waals surface area contributed by atoms with Gasteiger partial charge in [0.2, 0.25) is 0 Å². The van der Waals surface area contributed by atoms with E-state index in [1.807, 2.05) is 30.3 Å². The van der Waals surface area contributed by atoms with Crippen molar-refractivity contribution in [1.82, 2.24) is 4.98 Å². The van der Waals surface area contributed by atoms with E-state index in [1.54, 1.807) is 13.1 Å². The van der Waals surface area contributed by atoms with Gasteiger partial charge in [0.25, 0.3) is 0 Å². The second kappa shape index (κ2) is 3.61. The van der Waals surface area contributed by atoms with Gasteiger partial charge in [-0.3, -0.25) is 4.98 Å². The lowest BCUT2D eigenvalue weighted by molar-refractivity contribution is 0.0684. The van der Waals surface area contributed by atoms with E-state index in [4.69, 9.17) is 5.73 Å². The summed E-state index contributed by atoms with van der Waals surface area (Å²) in [5.41, 5.74) is 6.27. The Labute approximate surface area is 88.6 Å². The van der Waals surface area contributed by atoms with Crippen molar-refractivity contribution in [2.75, 3.05) is 6.54 Å². The van der Waals surface area contributed by atoms with Gasteiger partial charge in [-0.15, -0.1) is 0 Å². The maximum Gasteiger partial charge on any atom is 0.0996 e. The summed E-state index contributed by atoms with van der Waals surface area (Å²) in [6.45, 7) is 1.91. The van der Waals surface area contributed by atoms with Crippen molar-refractivity contribution in [3.8, 4) is 0 Å². The van der Waals surface area contributed by atoms with Gasteiger partial charge in [0.1, 0.15) is 0 Å². The van der Waals surface area contributed by atoms with Crippen LogP contribution in [0.2, 0.25) is 0 Å². The predicted molar refractivity (Wildman–Crippen MR) is 60.4 cm³/mol. The molecule has 1 unspecified atom stereocenters. The largest absolute Gasteiger partial charge is 0.384 e. The van der Waals surface area contributed by atoms with Crippen molar-refractivity contribution in [1.29, 1.82) is 0 Å². The molecule has 0 bridgehead atoms. The van der Waals surface area contributed by atoms with Gasteiger partial charge in [-0.1, -0.05) is 18.2 Å². The Hall–Kier alpha value is -1.45. The van der Waals surface area contributed by atoms with Gasteiger partial charge in [0.05, 0.1) is 11.1 Å². The summed E-state index contributed by atoms with van der Waals surface area (Å²) >= 11 is 0. The molecule has 15 heavy (non-hydrogen) atoms. The first-order valence-electron chi connectivity index (χ1n) is 4.92. The van der Waals surface area contributed by atoms with Crippen LogP contribution in [-0.2, 0) is 5.60 Å². The molecule has 78 valence electrons. The third kappa shape index (κ3) is 1.71. The number of aliphatic hydroxyl groups is 1. The first kappa shape index (κ1) is 10.1. The number of nitrogens with two attached hydrogens (primary N) is 1. The number of benzene rings is 1. The van der Waals surface area contributed by atoms with Crippen LogP contribution in [0.5, 0.6) is 0 Å². The molecule has 0 aliphatic rings. The molecule has 1 atom stereocenters. The fraction of sp³-hybridized carbons (Fsp3) is 0.250. The fourth-order valence-corrected chi connectivity index (χ4v) is 1.68. The summed E-state index contributed by atoms with van der Waals surface area (Å²) < 4.78 is 0. The molecule has 2 aromatic rings. The normalized spacial score (nSPS) is 15.1. The van der Waals surface area contributed by atoms with E-state index in [0.717, 1.165) is 16.5 Å². The quantitative estimate of drug-likeness (QED) is 0.774. The van der Waals surface area contributed by atoms with Crippen molar-refractivity contribution in [3.63, 3.8) is 0 Å². The van der Waals surface area contributed by atoms with E-state index in [0.29, 0.717) is 0 Å². The topological polar surface area (TPSA) is 59.1 Å². The van der Waals surface area contributed by atoms with Crippen LogP contribution in [-0.4, -0.2) is 16.6 Å². The molecular weight excluding hydrogens is 188 g/mol. The van der Waals surface area contributed by atoms with E-state index < -0.39 is 5.60 Å². The number of aromatic nitrogens is 1. The molecule has 3 heteroatoms. The van der Waals surface area contributed by atoms with Crippen LogP contribution in [0, 0.1) is 0 Å². The zero-order valence-corrected chi connectivity index (χ0v) is 8.64. The number of rotatable bonds is 2. The maximum atomic E-state index is 10.1. The molecular formula is C12H14N2O. The standard InChI is InChI=1S/C12H14N2O/c1-12(15,8-13)10-5-2-6-11-9(10)4-3-7-14-11/h2-7,15H,8,13H2,1H3. The highest BCUT2D eigenvalue weighted by Gasteiger charge is 2.22. The van der Waals surface area contributed by atoms with E-state index in [1.165, 1.54) is 0 Å². The first-order valence-corrected chi connectivity index (χ1v) is 4.92. The van der Waals surface area contributed by atoms with Gasteiger partial charge < -0.3 is 10.8 Å². The molecule has 0 aliphatic carbocycles. The highest BCUT2D eigenvalue weighted by Crippen LogP contribution is 2.26. The second-order valence-electron chi connectivity index (χ2n) is 3.85. The molecule has 0 amide bonds. The van der Waals surface area contributed by atoms with Crippen molar-refractivity contribution < 1.29 is 5.11 Å². The molecule has 0 radical (unpaired) electrons. The number of fused-ring (bicyclic) bond motifs is 1. The Kier molecular flexibility index (Phi) is 2.42. The van der Waals surface area contributed by atoms with Gasteiger partial charge in [-0.05, 0) is 24.6 Å². The SMILES string of the molecule is CC(O)(CN)c1cccc2ncccc12. The van der Waals surface area contributed by atoms with Crippen LogP contribution in [0.4, 0.5) is 0 Å². The molecule has 3 N–H and O–H groups in total. The summed E-state index contributed by atoms with van der Waals surface area (Å²) in [6, 6.07) is 9.50. The monoisotopic (exact) mass is 202 g/mol. The average molecular weight is 202 g/mol. The van der Waals surface area contributed by atoms with Crippen molar-refractivity contribution in [2.45, 2.75) is 12.5 Å². The third-order valence-electron chi connectivity index (χ3n) is 2.62. The Balaban J connectivity index is 2.71. The first-order chi connectivity index (χ1) is 7.15. The highest BCUT2D eigenvalue weighted by molar-refractivity contribution is 5.82. The Morgan fingerprint density at radius 1 is 1.33 bits per heavy atom. The van der Waals surface area contributed by atoms with E-state index >= 15 is 0 Å². The summed E-state index contributed by atoms with van der Waals surface area (Å²) in [5, 5.41) is 11.1. The van der Waals surface area contributed by atoms with Crippen molar-refractivity contribution in [2.24, 2.45) is 5.73 Å². The number of pyridine rings is 1. The maximum absolute atomic E-state index is 10.1. The van der Waals surface area contributed by atoms with Crippen LogP contribution in [0.15, 0.2) is 36.5 Å². The lowest BCUT2D eigenvalue weighted by Crippen LogP contribution is -2.31. The van der Waals surface area contributed by atoms with E-state index in [9.17, 15) is 5.11 Å². The third-order valence-corrected chi connectivity index (χ3v) is 2.62. The minimum absolute atomic E-state index is 0.195. The second-order valence-corrected chi connectivity index (χ2v) is 3.85. The summed E-state index contributed by atoms with van der Waals surface area (Å²) in [5.74, 6) is 0. The van der Waals surface area contributed by atoms with Gasteiger partial charge in [0.15, 0.2) is 0 Å². The van der Waals surface area contributed by atoms with Gasteiger partial charge in [-0.25, -0.2) is 0 Å². The van der Waals surface area contributed by atoms with E-state index in [2.05, 4.69) is 4.98 Å². The van der Waals surface area contributed by atoms with Gasteiger partial charge >= 0.3 is 0 Å². The van der Waals surface area contributed by atoms with Gasteiger partial charge in [0, 0.05) is 18.1 Å². The Morgan fingerprint density at radius 3 is 2.87 bits per heavy atom. The summed E-state index contributed by atoms with van der Waals surface area (Å²) in [7, 11) is 0. The molecule has 0 spiro atoms. The van der Waals surface area contributed by atoms with Crippen LogP contribution >= 0.6 is 0 Å². The molecule has 2 rings (SSSR count). The summed E-state index contributed by atoms with van der Waals surface area (Å²) in [4.78, 5) is 4.24. The zero-order valence-electron chi connectivity index (χ0n) is 8.64. The number of hydrogen-bond acceptors (Lipinski definition) is 3. The van der Waals surface area contributed by atoms with E-state index in [-0.39, 0.29) is 6.54 Å². The number of hydrogen-bond donors (Lipinski definition) is 2. The lowest BCUT2D eigenvalue weighted by atomic mass is 9.92. The Morgan fingerprint density at radius 2 is 2.13 bits per heavy atom. The fourth-order valence-electron chi connectivity index (χ4n) is 1.68. The molecule has 1 heterocycles. The predicted octanol–water partition coefficient (Wildman–Crippen LogP) is 1.40. The molecule has 0 aliphatic heterocycles. The van der Waals surface area contributed by atoms with Crippen molar-refractivity contribution >= 4 is 10.9 Å². The Bertz CT molecular complexity index is 475. The lowest BCUT2D eigenvalue weighted by Gasteiger charge is -2.23. The molecule has 0 fully saturated rings. The number of nitrogens with zero attached hydrogens (tertiary/aromatic N) is 1. The van der Waals surface area contributed by atoms with Gasteiger partial charge in [-0.2, -0.15) is 0 Å². The van der Waals surface area contributed by atoms with Crippen LogP contribution < -0.4 is 5.73 Å². The highest BCUT2D eigenvalue weighted by atomic mass is 16.3. The zero-order chi connectivity index (χ0) is 10.9. The minimum atomic E-state index is -0.997. The molecule has 1 aromatic carbocycles. The minimum Gasteiger partial charge on any atom is -0.384 e. The molecule has 0 saturated carbocycles. The van der Waals surface area contributed by atoms with Crippen LogP contribution in [0.1, 0.15) is 12.5 Å².